The Morgan fingerprint density at radius 2 is 2.12 bits per heavy atom. The number of nitrogens with one attached hydrogen (secondary N) is 2. The number of carbonyl (C=O) groups is 2. The van der Waals surface area contributed by atoms with Gasteiger partial charge in [-0.05, 0) is 30.3 Å². The van der Waals surface area contributed by atoms with Crippen molar-refractivity contribution < 1.29 is 14.0 Å². The van der Waals surface area contributed by atoms with Gasteiger partial charge in [0.25, 0.3) is 5.91 Å². The zero-order valence-corrected chi connectivity index (χ0v) is 8.74. The van der Waals surface area contributed by atoms with E-state index in [2.05, 4.69) is 10.3 Å². The SMILES string of the molecule is O=Cc1ccc(C(=O)Nc2cccc(F)c2)[nH]1. The number of carbonyl (C=O) groups excluding carboxylic acids is 2. The summed E-state index contributed by atoms with van der Waals surface area (Å²) in [6.45, 7) is 0. The molecule has 0 saturated heterocycles. The quantitative estimate of drug-likeness (QED) is 0.797. The number of hydrogen-bond acceptors (Lipinski definition) is 2. The standard InChI is InChI=1S/C12H9FN2O2/c13-8-2-1-3-9(6-8)15-12(17)11-5-4-10(7-16)14-11/h1-7,14H,(H,15,17). The molecule has 0 fully saturated rings. The smallest absolute Gasteiger partial charge is 0.272 e. The van der Waals surface area contributed by atoms with E-state index in [0.29, 0.717) is 17.7 Å². The maximum atomic E-state index is 12.9. The number of hydrogen-bond donors (Lipinski definition) is 2. The molecule has 0 aliphatic heterocycles. The number of amides is 1. The van der Waals surface area contributed by atoms with Crippen LogP contribution in [-0.4, -0.2) is 17.2 Å². The van der Waals surface area contributed by atoms with Crippen LogP contribution >= 0.6 is 0 Å². The highest BCUT2D eigenvalue weighted by Crippen LogP contribution is 2.10. The largest absolute Gasteiger partial charge is 0.348 e. The van der Waals surface area contributed by atoms with E-state index in [1.807, 2.05) is 0 Å². The summed E-state index contributed by atoms with van der Waals surface area (Å²) in [5.74, 6) is -0.855. The highest BCUT2D eigenvalue weighted by Gasteiger charge is 2.08. The summed E-state index contributed by atoms with van der Waals surface area (Å²) in [5, 5.41) is 2.51. The molecule has 0 atom stereocenters. The van der Waals surface area contributed by atoms with Crippen molar-refractivity contribution in [3.63, 3.8) is 0 Å². The summed E-state index contributed by atoms with van der Waals surface area (Å²) in [4.78, 5) is 24.7. The molecule has 0 unspecified atom stereocenters. The molecule has 5 heteroatoms. The number of halogens is 1. The zero-order chi connectivity index (χ0) is 12.3. The summed E-state index contributed by atoms with van der Waals surface area (Å²) >= 11 is 0. The first-order valence-electron chi connectivity index (χ1n) is 4.90. The van der Waals surface area contributed by atoms with Crippen LogP contribution in [0.15, 0.2) is 36.4 Å². The summed E-state index contributed by atoms with van der Waals surface area (Å²) in [7, 11) is 0. The average molecular weight is 232 g/mol. The summed E-state index contributed by atoms with van der Waals surface area (Å²) in [6.07, 6.45) is 0.610. The second-order valence-electron chi connectivity index (χ2n) is 3.41. The van der Waals surface area contributed by atoms with E-state index in [-0.39, 0.29) is 5.69 Å². The Kier molecular flexibility index (Phi) is 3.00. The third-order valence-corrected chi connectivity index (χ3v) is 2.16. The zero-order valence-electron chi connectivity index (χ0n) is 8.74. The highest BCUT2D eigenvalue weighted by atomic mass is 19.1. The number of H-pyrrole nitrogens is 1. The molecule has 2 rings (SSSR count). The molecular weight excluding hydrogens is 223 g/mol. The third-order valence-electron chi connectivity index (χ3n) is 2.16. The van der Waals surface area contributed by atoms with Crippen LogP contribution < -0.4 is 5.32 Å². The van der Waals surface area contributed by atoms with Gasteiger partial charge in [-0.25, -0.2) is 4.39 Å². The molecule has 1 amide bonds. The van der Waals surface area contributed by atoms with Gasteiger partial charge >= 0.3 is 0 Å². The molecule has 2 N–H and O–H groups in total. The van der Waals surface area contributed by atoms with Gasteiger partial charge in [-0.3, -0.25) is 9.59 Å². The van der Waals surface area contributed by atoms with Gasteiger partial charge in [0.15, 0.2) is 6.29 Å². The highest BCUT2D eigenvalue weighted by molar-refractivity contribution is 6.03. The molecular formula is C12H9FN2O2. The van der Waals surface area contributed by atoms with Crippen LogP contribution in [0.3, 0.4) is 0 Å². The van der Waals surface area contributed by atoms with Crippen LogP contribution in [0.1, 0.15) is 21.0 Å². The Balaban J connectivity index is 2.14. The van der Waals surface area contributed by atoms with Crippen LogP contribution in [0.4, 0.5) is 10.1 Å². The summed E-state index contributed by atoms with van der Waals surface area (Å²) < 4.78 is 12.9. The molecule has 0 aliphatic rings. The van der Waals surface area contributed by atoms with Crippen LogP contribution in [0, 0.1) is 5.82 Å². The van der Waals surface area contributed by atoms with Gasteiger partial charge < -0.3 is 10.3 Å². The Bertz CT molecular complexity index is 563. The van der Waals surface area contributed by atoms with Crippen LogP contribution in [0.25, 0.3) is 0 Å². The lowest BCUT2D eigenvalue weighted by molar-refractivity contribution is 0.102. The van der Waals surface area contributed by atoms with Crippen LogP contribution in [0.2, 0.25) is 0 Å². The predicted octanol–water partition coefficient (Wildman–Crippen LogP) is 2.22. The van der Waals surface area contributed by atoms with Crippen molar-refractivity contribution >= 4 is 17.9 Å². The van der Waals surface area contributed by atoms with Gasteiger partial charge in [0, 0.05) is 5.69 Å². The second kappa shape index (κ2) is 4.61. The fraction of sp³-hybridized carbons (Fsp3) is 0. The Hall–Kier alpha value is -2.43. The molecule has 0 aliphatic carbocycles. The van der Waals surface area contributed by atoms with E-state index >= 15 is 0 Å². The number of benzene rings is 1. The third kappa shape index (κ3) is 2.57. The van der Waals surface area contributed by atoms with Crippen molar-refractivity contribution in [2.75, 3.05) is 5.32 Å². The molecule has 1 aromatic carbocycles. The molecule has 1 heterocycles. The van der Waals surface area contributed by atoms with Gasteiger partial charge in [0.1, 0.15) is 11.5 Å². The first-order chi connectivity index (χ1) is 8.19. The van der Waals surface area contributed by atoms with Gasteiger partial charge in [0.2, 0.25) is 0 Å². The number of anilines is 1. The molecule has 0 bridgehead atoms. The minimum Gasteiger partial charge on any atom is -0.348 e. The Labute approximate surface area is 96.5 Å². The first kappa shape index (κ1) is 11.1. The van der Waals surface area contributed by atoms with E-state index in [1.54, 1.807) is 6.07 Å². The fourth-order valence-corrected chi connectivity index (χ4v) is 1.38. The van der Waals surface area contributed by atoms with Crippen molar-refractivity contribution in [1.29, 1.82) is 0 Å². The monoisotopic (exact) mass is 232 g/mol. The number of aromatic nitrogens is 1. The Morgan fingerprint density at radius 1 is 1.29 bits per heavy atom. The lowest BCUT2D eigenvalue weighted by atomic mass is 10.3. The van der Waals surface area contributed by atoms with Crippen LogP contribution in [0.5, 0.6) is 0 Å². The molecule has 17 heavy (non-hydrogen) atoms. The minimum atomic E-state index is -0.428. The second-order valence-corrected chi connectivity index (χ2v) is 3.41. The maximum Gasteiger partial charge on any atom is 0.272 e. The number of aldehydes is 1. The van der Waals surface area contributed by atoms with E-state index in [0.717, 1.165) is 0 Å². The molecule has 4 nitrogen and oxygen atoms in total. The van der Waals surface area contributed by atoms with Crippen molar-refractivity contribution in [2.24, 2.45) is 0 Å². The molecule has 86 valence electrons. The van der Waals surface area contributed by atoms with Gasteiger partial charge in [-0.1, -0.05) is 6.07 Å². The van der Waals surface area contributed by atoms with Crippen molar-refractivity contribution in [3.05, 3.63) is 53.6 Å². The number of aromatic amines is 1. The molecule has 1 aromatic heterocycles. The lowest BCUT2D eigenvalue weighted by Crippen LogP contribution is -2.12. The van der Waals surface area contributed by atoms with E-state index in [9.17, 15) is 14.0 Å². The normalized spacial score (nSPS) is 9.94. The fourth-order valence-electron chi connectivity index (χ4n) is 1.38. The van der Waals surface area contributed by atoms with E-state index < -0.39 is 11.7 Å². The predicted molar refractivity (Wildman–Crippen MR) is 60.5 cm³/mol. The van der Waals surface area contributed by atoms with E-state index in [1.165, 1.54) is 30.3 Å². The summed E-state index contributed by atoms with van der Waals surface area (Å²) in [6, 6.07) is 8.54. The minimum absolute atomic E-state index is 0.247. The van der Waals surface area contributed by atoms with Gasteiger partial charge in [-0.2, -0.15) is 0 Å². The van der Waals surface area contributed by atoms with E-state index in [4.69, 9.17) is 0 Å². The average Bonchev–Trinajstić information content (AvgIpc) is 2.77. The van der Waals surface area contributed by atoms with Gasteiger partial charge in [0.05, 0.1) is 5.69 Å². The van der Waals surface area contributed by atoms with Crippen molar-refractivity contribution in [2.45, 2.75) is 0 Å². The van der Waals surface area contributed by atoms with Crippen molar-refractivity contribution in [1.82, 2.24) is 4.98 Å². The maximum absolute atomic E-state index is 12.9. The first-order valence-corrected chi connectivity index (χ1v) is 4.90. The lowest BCUT2D eigenvalue weighted by Gasteiger charge is -2.03. The topological polar surface area (TPSA) is 62.0 Å². The molecule has 0 spiro atoms. The van der Waals surface area contributed by atoms with Crippen LogP contribution in [-0.2, 0) is 0 Å². The number of rotatable bonds is 3. The molecule has 2 aromatic rings. The van der Waals surface area contributed by atoms with Gasteiger partial charge in [-0.15, -0.1) is 0 Å². The summed E-state index contributed by atoms with van der Waals surface area (Å²) in [5.41, 5.74) is 0.919. The molecule has 0 saturated carbocycles. The van der Waals surface area contributed by atoms with Crippen molar-refractivity contribution in [3.8, 4) is 0 Å². The Morgan fingerprint density at radius 3 is 2.76 bits per heavy atom. The molecule has 0 radical (unpaired) electrons.